The molecule has 0 aliphatic rings. The monoisotopic (exact) mass is 418 g/mol. The highest BCUT2D eigenvalue weighted by Crippen LogP contribution is 2.19. The predicted octanol–water partition coefficient (Wildman–Crippen LogP) is 2.23. The zero-order valence-electron chi connectivity index (χ0n) is 16.8. The summed E-state index contributed by atoms with van der Waals surface area (Å²) in [5, 5.41) is 2.73. The number of nitrogens with zero attached hydrogens (tertiary/aromatic N) is 1. The summed E-state index contributed by atoms with van der Waals surface area (Å²) < 4.78 is 32.5. The molecule has 0 aromatic heterocycles. The largest absolute Gasteiger partial charge is 0.383 e. The van der Waals surface area contributed by atoms with E-state index < -0.39 is 15.9 Å². The van der Waals surface area contributed by atoms with Gasteiger partial charge in [0, 0.05) is 25.3 Å². The Kier molecular flexibility index (Phi) is 8.07. The summed E-state index contributed by atoms with van der Waals surface area (Å²) in [4.78, 5) is 23.9. The standard InChI is InChI=1S/C21H26N2O5S/c1-16(15-28-3)22-21(25)14-23(13-18-7-5-4-6-8-18)29(26,27)20-11-9-19(10-12-20)17(2)24/h4-12,16H,13-15H2,1-3H3,(H,22,25). The lowest BCUT2D eigenvalue weighted by Crippen LogP contribution is -2.44. The van der Waals surface area contributed by atoms with Gasteiger partial charge in [0.25, 0.3) is 0 Å². The third-order valence-electron chi connectivity index (χ3n) is 4.24. The Morgan fingerprint density at radius 1 is 1.07 bits per heavy atom. The van der Waals surface area contributed by atoms with E-state index in [1.165, 1.54) is 38.3 Å². The smallest absolute Gasteiger partial charge is 0.243 e. The minimum Gasteiger partial charge on any atom is -0.383 e. The minimum atomic E-state index is -3.95. The van der Waals surface area contributed by atoms with E-state index in [1.54, 1.807) is 19.1 Å². The Balaban J connectivity index is 2.29. The second-order valence-corrected chi connectivity index (χ2v) is 8.70. The van der Waals surface area contributed by atoms with Gasteiger partial charge in [-0.3, -0.25) is 9.59 Å². The molecule has 2 aromatic carbocycles. The first-order valence-corrected chi connectivity index (χ1v) is 10.6. The molecule has 156 valence electrons. The molecule has 0 saturated heterocycles. The number of sulfonamides is 1. The summed E-state index contributed by atoms with van der Waals surface area (Å²) in [6, 6.07) is 14.5. The molecule has 0 saturated carbocycles. The van der Waals surface area contributed by atoms with E-state index in [9.17, 15) is 18.0 Å². The third kappa shape index (κ3) is 6.49. The molecule has 1 unspecified atom stereocenters. The Labute approximate surface area is 171 Å². The van der Waals surface area contributed by atoms with Gasteiger partial charge in [0.15, 0.2) is 5.78 Å². The van der Waals surface area contributed by atoms with Crippen LogP contribution in [0.1, 0.15) is 29.8 Å². The van der Waals surface area contributed by atoms with Crippen LogP contribution in [-0.2, 0) is 26.1 Å². The van der Waals surface area contributed by atoms with Gasteiger partial charge in [-0.15, -0.1) is 0 Å². The van der Waals surface area contributed by atoms with E-state index in [0.717, 1.165) is 9.87 Å². The molecule has 0 bridgehead atoms. The Morgan fingerprint density at radius 2 is 1.69 bits per heavy atom. The van der Waals surface area contributed by atoms with E-state index >= 15 is 0 Å². The number of nitrogens with one attached hydrogen (secondary N) is 1. The molecule has 1 N–H and O–H groups in total. The quantitative estimate of drug-likeness (QED) is 0.598. The maximum absolute atomic E-state index is 13.2. The molecule has 1 amide bonds. The highest BCUT2D eigenvalue weighted by Gasteiger charge is 2.27. The maximum Gasteiger partial charge on any atom is 0.243 e. The first kappa shape index (κ1) is 22.7. The number of benzene rings is 2. The molecule has 8 heteroatoms. The van der Waals surface area contributed by atoms with Gasteiger partial charge in [0.05, 0.1) is 18.0 Å². The van der Waals surface area contributed by atoms with Gasteiger partial charge in [-0.25, -0.2) is 8.42 Å². The van der Waals surface area contributed by atoms with Crippen molar-refractivity contribution in [2.45, 2.75) is 31.3 Å². The number of hydrogen-bond acceptors (Lipinski definition) is 5. The molecule has 0 fully saturated rings. The normalized spacial score (nSPS) is 12.6. The van der Waals surface area contributed by atoms with Crippen LogP contribution in [-0.4, -0.2) is 50.7 Å². The van der Waals surface area contributed by atoms with E-state index in [-0.39, 0.29) is 29.8 Å². The molecule has 1 atom stereocenters. The van der Waals surface area contributed by atoms with Gasteiger partial charge in [0.1, 0.15) is 0 Å². The summed E-state index contributed by atoms with van der Waals surface area (Å²) in [5.41, 5.74) is 1.18. The summed E-state index contributed by atoms with van der Waals surface area (Å²) in [6.07, 6.45) is 0. The fourth-order valence-electron chi connectivity index (χ4n) is 2.80. The second kappa shape index (κ2) is 10.3. The second-order valence-electron chi connectivity index (χ2n) is 6.76. The third-order valence-corrected chi connectivity index (χ3v) is 6.05. The van der Waals surface area contributed by atoms with Crippen molar-refractivity contribution in [1.82, 2.24) is 9.62 Å². The Hall–Kier alpha value is -2.55. The molecular weight excluding hydrogens is 392 g/mol. The van der Waals surface area contributed by atoms with Crippen LogP contribution in [0.15, 0.2) is 59.5 Å². The number of ketones is 1. The average molecular weight is 419 g/mol. The fourth-order valence-corrected chi connectivity index (χ4v) is 4.18. The molecule has 0 aliphatic heterocycles. The van der Waals surface area contributed by atoms with Crippen molar-refractivity contribution >= 4 is 21.7 Å². The van der Waals surface area contributed by atoms with Crippen LogP contribution in [0.25, 0.3) is 0 Å². The zero-order chi connectivity index (χ0) is 21.4. The minimum absolute atomic E-state index is 0.0242. The molecule has 0 radical (unpaired) electrons. The number of Topliss-reactive ketones (excluding diaryl/α,β-unsaturated/α-hetero) is 1. The Bertz CT molecular complexity index is 927. The van der Waals surface area contributed by atoms with Crippen LogP contribution in [0.2, 0.25) is 0 Å². The number of carbonyl (C=O) groups is 2. The van der Waals surface area contributed by atoms with Gasteiger partial charge in [-0.05, 0) is 31.5 Å². The number of methoxy groups -OCH3 is 1. The van der Waals surface area contributed by atoms with Crippen LogP contribution in [0.4, 0.5) is 0 Å². The van der Waals surface area contributed by atoms with Crippen molar-refractivity contribution in [3.05, 3.63) is 65.7 Å². The first-order valence-electron chi connectivity index (χ1n) is 9.17. The van der Waals surface area contributed by atoms with Gasteiger partial charge in [0.2, 0.25) is 15.9 Å². The lowest BCUT2D eigenvalue weighted by Gasteiger charge is -2.23. The lowest BCUT2D eigenvalue weighted by molar-refractivity contribution is -0.122. The van der Waals surface area contributed by atoms with Crippen LogP contribution in [0.5, 0.6) is 0 Å². The fraction of sp³-hybridized carbons (Fsp3) is 0.333. The molecule has 0 heterocycles. The highest BCUT2D eigenvalue weighted by atomic mass is 32.2. The SMILES string of the molecule is COCC(C)NC(=O)CN(Cc1ccccc1)S(=O)(=O)c1ccc(C(C)=O)cc1. The molecule has 2 aromatic rings. The van der Waals surface area contributed by atoms with Gasteiger partial charge in [-0.2, -0.15) is 4.31 Å². The van der Waals surface area contributed by atoms with Gasteiger partial charge >= 0.3 is 0 Å². The van der Waals surface area contributed by atoms with Crippen molar-refractivity contribution < 1.29 is 22.7 Å². The van der Waals surface area contributed by atoms with E-state index in [1.807, 2.05) is 18.2 Å². The number of hydrogen-bond donors (Lipinski definition) is 1. The molecule has 7 nitrogen and oxygen atoms in total. The van der Waals surface area contributed by atoms with Crippen LogP contribution in [0.3, 0.4) is 0 Å². The number of rotatable bonds is 10. The van der Waals surface area contributed by atoms with Crippen LogP contribution in [0, 0.1) is 0 Å². The molecule has 29 heavy (non-hydrogen) atoms. The van der Waals surface area contributed by atoms with Crippen LogP contribution >= 0.6 is 0 Å². The summed E-state index contributed by atoms with van der Waals surface area (Å²) in [7, 11) is -2.43. The molecular formula is C21H26N2O5S. The van der Waals surface area contributed by atoms with Crippen molar-refractivity contribution in [1.29, 1.82) is 0 Å². The molecule has 0 aliphatic carbocycles. The maximum atomic E-state index is 13.2. The summed E-state index contributed by atoms with van der Waals surface area (Å²) in [5.74, 6) is -0.573. The average Bonchev–Trinajstić information content (AvgIpc) is 2.68. The molecule has 0 spiro atoms. The predicted molar refractivity (Wildman–Crippen MR) is 110 cm³/mol. The highest BCUT2D eigenvalue weighted by molar-refractivity contribution is 7.89. The number of carbonyl (C=O) groups excluding carboxylic acids is 2. The number of amides is 1. The van der Waals surface area contributed by atoms with E-state index in [2.05, 4.69) is 5.32 Å². The zero-order valence-corrected chi connectivity index (χ0v) is 17.6. The first-order chi connectivity index (χ1) is 13.7. The van der Waals surface area contributed by atoms with Gasteiger partial charge < -0.3 is 10.1 Å². The van der Waals surface area contributed by atoms with Crippen molar-refractivity contribution in [2.24, 2.45) is 0 Å². The lowest BCUT2D eigenvalue weighted by atomic mass is 10.2. The number of ether oxygens (including phenoxy) is 1. The van der Waals surface area contributed by atoms with Crippen molar-refractivity contribution in [3.63, 3.8) is 0 Å². The van der Waals surface area contributed by atoms with Crippen molar-refractivity contribution in [3.8, 4) is 0 Å². The van der Waals surface area contributed by atoms with Crippen LogP contribution < -0.4 is 5.32 Å². The van der Waals surface area contributed by atoms with E-state index in [0.29, 0.717) is 12.2 Å². The summed E-state index contributed by atoms with van der Waals surface area (Å²) in [6.45, 7) is 3.22. The van der Waals surface area contributed by atoms with Crippen molar-refractivity contribution in [2.75, 3.05) is 20.3 Å². The van der Waals surface area contributed by atoms with E-state index in [4.69, 9.17) is 4.74 Å². The summed E-state index contributed by atoms with van der Waals surface area (Å²) >= 11 is 0. The topological polar surface area (TPSA) is 92.8 Å². The molecule has 2 rings (SSSR count). The Morgan fingerprint density at radius 3 is 2.24 bits per heavy atom. The van der Waals surface area contributed by atoms with Gasteiger partial charge in [-0.1, -0.05) is 42.5 Å².